The van der Waals surface area contributed by atoms with Crippen molar-refractivity contribution < 1.29 is 4.79 Å². The van der Waals surface area contributed by atoms with Gasteiger partial charge in [0.25, 0.3) is 11.5 Å². The second-order valence-electron chi connectivity index (χ2n) is 6.24. The Balaban J connectivity index is 1.70. The van der Waals surface area contributed by atoms with E-state index in [1.165, 1.54) is 0 Å². The van der Waals surface area contributed by atoms with Crippen LogP contribution in [0.1, 0.15) is 29.3 Å². The fourth-order valence-corrected chi connectivity index (χ4v) is 2.89. The van der Waals surface area contributed by atoms with E-state index in [0.717, 1.165) is 23.2 Å². The summed E-state index contributed by atoms with van der Waals surface area (Å²) in [6, 6.07) is 7.37. The van der Waals surface area contributed by atoms with E-state index in [4.69, 9.17) is 11.6 Å². The number of carbonyl (C=O) groups is 1. The van der Waals surface area contributed by atoms with Crippen molar-refractivity contribution in [2.24, 2.45) is 0 Å². The van der Waals surface area contributed by atoms with Crippen LogP contribution in [0, 0.1) is 6.92 Å². The van der Waals surface area contributed by atoms with E-state index in [2.05, 4.69) is 20.6 Å². The standard InChI is InChI=1S/C20H21ClN4O2/c1-3-13(9-22-15-6-4-14(21)5-7-15)10-25-19(26)16-11-23-18-12(2)8-24-20(27)17(16)18/h4-9,11,22-23H,3,10H2,1-2H3,(H,24,27)(H,25,26)/b13-9+. The summed E-state index contributed by atoms with van der Waals surface area (Å²) in [5, 5.41) is 7.13. The van der Waals surface area contributed by atoms with E-state index in [0.29, 0.717) is 28.0 Å². The number of aryl methyl sites for hydroxylation is 1. The van der Waals surface area contributed by atoms with Crippen LogP contribution in [0.15, 0.2) is 53.2 Å². The summed E-state index contributed by atoms with van der Waals surface area (Å²) in [6.45, 7) is 4.27. The van der Waals surface area contributed by atoms with E-state index >= 15 is 0 Å². The molecule has 6 nitrogen and oxygen atoms in total. The third kappa shape index (κ3) is 4.23. The number of aromatic amines is 2. The van der Waals surface area contributed by atoms with Crippen LogP contribution in [0.2, 0.25) is 5.02 Å². The van der Waals surface area contributed by atoms with E-state index in [-0.39, 0.29) is 11.5 Å². The van der Waals surface area contributed by atoms with Gasteiger partial charge in [-0.05, 0) is 48.7 Å². The Morgan fingerprint density at radius 1 is 1.19 bits per heavy atom. The number of fused-ring (bicyclic) bond motifs is 1. The number of rotatable bonds is 6. The molecule has 2 heterocycles. The fourth-order valence-electron chi connectivity index (χ4n) is 2.77. The molecule has 0 atom stereocenters. The molecule has 0 aliphatic heterocycles. The van der Waals surface area contributed by atoms with Gasteiger partial charge in [0.15, 0.2) is 0 Å². The molecule has 0 bridgehead atoms. The van der Waals surface area contributed by atoms with Crippen molar-refractivity contribution in [3.05, 3.63) is 74.9 Å². The molecule has 1 amide bonds. The SMILES string of the molecule is CC/C(=C\Nc1ccc(Cl)cc1)CNC(=O)c1c[nH]c2c(C)c[nH]c(=O)c12. The Morgan fingerprint density at radius 3 is 2.63 bits per heavy atom. The Bertz CT molecular complexity index is 1050. The summed E-state index contributed by atoms with van der Waals surface area (Å²) in [5.41, 5.74) is 3.55. The highest BCUT2D eigenvalue weighted by Gasteiger charge is 2.16. The van der Waals surface area contributed by atoms with E-state index in [1.54, 1.807) is 12.4 Å². The highest BCUT2D eigenvalue weighted by Crippen LogP contribution is 2.17. The molecule has 7 heteroatoms. The van der Waals surface area contributed by atoms with E-state index < -0.39 is 0 Å². The molecule has 0 radical (unpaired) electrons. The molecule has 3 rings (SSSR count). The van der Waals surface area contributed by atoms with Crippen LogP contribution in [0.5, 0.6) is 0 Å². The lowest BCUT2D eigenvalue weighted by Gasteiger charge is -2.09. The first-order valence-corrected chi connectivity index (χ1v) is 9.05. The second-order valence-corrected chi connectivity index (χ2v) is 6.68. The van der Waals surface area contributed by atoms with Gasteiger partial charge >= 0.3 is 0 Å². The summed E-state index contributed by atoms with van der Waals surface area (Å²) in [4.78, 5) is 30.3. The van der Waals surface area contributed by atoms with Gasteiger partial charge in [0, 0.05) is 35.8 Å². The number of nitrogens with one attached hydrogen (secondary N) is 4. The summed E-state index contributed by atoms with van der Waals surface area (Å²) >= 11 is 5.88. The zero-order valence-electron chi connectivity index (χ0n) is 15.2. The van der Waals surface area contributed by atoms with Crippen molar-refractivity contribution >= 4 is 34.1 Å². The molecular weight excluding hydrogens is 364 g/mol. The van der Waals surface area contributed by atoms with E-state index in [1.807, 2.05) is 44.3 Å². The zero-order valence-corrected chi connectivity index (χ0v) is 15.9. The lowest BCUT2D eigenvalue weighted by atomic mass is 10.1. The number of pyridine rings is 1. The van der Waals surface area contributed by atoms with Crippen LogP contribution >= 0.6 is 11.6 Å². The number of benzene rings is 1. The van der Waals surface area contributed by atoms with Gasteiger partial charge < -0.3 is 20.6 Å². The van der Waals surface area contributed by atoms with Gasteiger partial charge in [-0.15, -0.1) is 0 Å². The molecule has 0 saturated heterocycles. The van der Waals surface area contributed by atoms with Gasteiger partial charge in [-0.1, -0.05) is 18.5 Å². The van der Waals surface area contributed by atoms with Gasteiger partial charge in [0.2, 0.25) is 0 Å². The van der Waals surface area contributed by atoms with Crippen LogP contribution in [0.3, 0.4) is 0 Å². The van der Waals surface area contributed by atoms with Crippen LogP contribution in [0.25, 0.3) is 10.9 Å². The molecule has 0 aliphatic rings. The summed E-state index contributed by atoms with van der Waals surface area (Å²) in [7, 11) is 0. The van der Waals surface area contributed by atoms with Crippen molar-refractivity contribution in [3.8, 4) is 0 Å². The van der Waals surface area contributed by atoms with Gasteiger partial charge in [-0.3, -0.25) is 9.59 Å². The second kappa shape index (κ2) is 8.14. The fraction of sp³-hybridized carbons (Fsp3) is 0.200. The molecule has 27 heavy (non-hydrogen) atoms. The topological polar surface area (TPSA) is 89.8 Å². The van der Waals surface area contributed by atoms with Crippen molar-refractivity contribution in [1.29, 1.82) is 0 Å². The quantitative estimate of drug-likeness (QED) is 0.518. The Labute approximate surface area is 161 Å². The Kier molecular flexibility index (Phi) is 5.66. The molecule has 3 aromatic rings. The predicted molar refractivity (Wildman–Crippen MR) is 109 cm³/mol. The number of H-pyrrole nitrogens is 2. The van der Waals surface area contributed by atoms with Crippen molar-refractivity contribution in [3.63, 3.8) is 0 Å². The summed E-state index contributed by atoms with van der Waals surface area (Å²) in [6.07, 6.45) is 5.84. The Hall–Kier alpha value is -2.99. The third-order valence-electron chi connectivity index (χ3n) is 4.38. The normalized spacial score (nSPS) is 11.6. The summed E-state index contributed by atoms with van der Waals surface area (Å²) in [5.74, 6) is -0.289. The number of hydrogen-bond acceptors (Lipinski definition) is 3. The molecule has 0 spiro atoms. The first-order valence-electron chi connectivity index (χ1n) is 8.67. The lowest BCUT2D eigenvalue weighted by molar-refractivity contribution is 0.0958. The maximum Gasteiger partial charge on any atom is 0.258 e. The highest BCUT2D eigenvalue weighted by molar-refractivity contribution is 6.30. The van der Waals surface area contributed by atoms with Crippen LogP contribution in [-0.2, 0) is 0 Å². The minimum Gasteiger partial charge on any atom is -0.362 e. The molecule has 0 fully saturated rings. The average Bonchev–Trinajstić information content (AvgIpc) is 3.12. The zero-order chi connectivity index (χ0) is 19.4. The van der Waals surface area contributed by atoms with Crippen LogP contribution < -0.4 is 16.2 Å². The van der Waals surface area contributed by atoms with Crippen LogP contribution in [0.4, 0.5) is 5.69 Å². The molecule has 2 aromatic heterocycles. The van der Waals surface area contributed by atoms with Crippen LogP contribution in [-0.4, -0.2) is 22.4 Å². The molecule has 0 unspecified atom stereocenters. The molecule has 0 saturated carbocycles. The number of halogens is 1. The Morgan fingerprint density at radius 2 is 1.93 bits per heavy atom. The number of carbonyl (C=O) groups excluding carboxylic acids is 1. The number of amides is 1. The average molecular weight is 385 g/mol. The maximum atomic E-state index is 12.6. The largest absolute Gasteiger partial charge is 0.362 e. The smallest absolute Gasteiger partial charge is 0.258 e. The molecule has 140 valence electrons. The van der Waals surface area contributed by atoms with Gasteiger partial charge in [0.05, 0.1) is 16.5 Å². The number of anilines is 1. The first-order chi connectivity index (χ1) is 13.0. The monoisotopic (exact) mass is 384 g/mol. The number of hydrogen-bond donors (Lipinski definition) is 4. The predicted octanol–water partition coefficient (Wildman–Crippen LogP) is 3.95. The van der Waals surface area contributed by atoms with Crippen molar-refractivity contribution in [1.82, 2.24) is 15.3 Å². The number of aromatic nitrogens is 2. The minimum absolute atomic E-state index is 0.280. The highest BCUT2D eigenvalue weighted by atomic mass is 35.5. The lowest BCUT2D eigenvalue weighted by Crippen LogP contribution is -2.26. The summed E-state index contributed by atoms with van der Waals surface area (Å²) < 4.78 is 0. The molecular formula is C20H21ClN4O2. The molecule has 0 aliphatic carbocycles. The van der Waals surface area contributed by atoms with Gasteiger partial charge in [-0.2, -0.15) is 0 Å². The van der Waals surface area contributed by atoms with Gasteiger partial charge in [0.1, 0.15) is 0 Å². The van der Waals surface area contributed by atoms with Crippen molar-refractivity contribution in [2.45, 2.75) is 20.3 Å². The first kappa shape index (κ1) is 18.8. The maximum absolute atomic E-state index is 12.6. The van der Waals surface area contributed by atoms with Crippen molar-refractivity contribution in [2.75, 3.05) is 11.9 Å². The van der Waals surface area contributed by atoms with Gasteiger partial charge in [-0.25, -0.2) is 0 Å². The molecule has 4 N–H and O–H groups in total. The molecule has 1 aromatic carbocycles. The minimum atomic E-state index is -0.289. The third-order valence-corrected chi connectivity index (χ3v) is 4.64. The van der Waals surface area contributed by atoms with E-state index in [9.17, 15) is 9.59 Å².